The van der Waals surface area contributed by atoms with Crippen LogP contribution in [0.2, 0.25) is 0 Å². The topological polar surface area (TPSA) is 57.7 Å². The van der Waals surface area contributed by atoms with E-state index in [4.69, 9.17) is 4.74 Å². The fourth-order valence-corrected chi connectivity index (χ4v) is 2.89. The fraction of sp³-hybridized carbons (Fsp3) is 0.625. The number of ether oxygens (including phenoxy) is 1. The van der Waals surface area contributed by atoms with Crippen molar-refractivity contribution in [1.29, 1.82) is 0 Å². The summed E-state index contributed by atoms with van der Waals surface area (Å²) in [5, 5.41) is 3.05. The summed E-state index contributed by atoms with van der Waals surface area (Å²) in [6.07, 6.45) is 3.72. The van der Waals surface area contributed by atoms with Gasteiger partial charge in [0.25, 0.3) is 5.91 Å². The quantitative estimate of drug-likeness (QED) is 0.893. The Labute approximate surface area is 131 Å². The van der Waals surface area contributed by atoms with Crippen LogP contribution in [-0.4, -0.2) is 68.3 Å². The first-order chi connectivity index (χ1) is 10.7. The molecule has 0 aromatic carbocycles. The van der Waals surface area contributed by atoms with Crippen LogP contribution in [0, 0.1) is 0 Å². The van der Waals surface area contributed by atoms with E-state index in [1.54, 1.807) is 12.3 Å². The third kappa shape index (κ3) is 3.75. The molecule has 120 valence electrons. The number of anilines is 1. The van der Waals surface area contributed by atoms with Gasteiger partial charge in [0.05, 0.1) is 12.6 Å². The Hall–Kier alpha value is -1.66. The van der Waals surface area contributed by atoms with E-state index >= 15 is 0 Å². The average Bonchev–Trinajstić information content (AvgIpc) is 2.56. The van der Waals surface area contributed by atoms with Crippen LogP contribution >= 0.6 is 0 Å². The fourth-order valence-electron chi connectivity index (χ4n) is 2.89. The summed E-state index contributed by atoms with van der Waals surface area (Å²) < 4.78 is 5.41. The Bertz CT molecular complexity index is 509. The minimum atomic E-state index is -0.0340. The Morgan fingerprint density at radius 1 is 1.36 bits per heavy atom. The predicted molar refractivity (Wildman–Crippen MR) is 85.3 cm³/mol. The summed E-state index contributed by atoms with van der Waals surface area (Å²) in [5.74, 6) is 0.855. The monoisotopic (exact) mass is 304 g/mol. The zero-order valence-electron chi connectivity index (χ0n) is 13.1. The van der Waals surface area contributed by atoms with E-state index in [2.05, 4.69) is 27.1 Å². The van der Waals surface area contributed by atoms with Gasteiger partial charge < -0.3 is 19.9 Å². The molecule has 2 aliphatic rings. The standard InChI is InChI=1S/C16H24N4O2/c1-19-6-8-20(9-7-19)15-11-13(4-5-17-15)16(21)18-14-3-2-10-22-12-14/h4-5,11,14H,2-3,6-10,12H2,1H3,(H,18,21)/t14-/m1/s1. The molecular weight excluding hydrogens is 280 g/mol. The van der Waals surface area contributed by atoms with Crippen LogP contribution in [-0.2, 0) is 4.74 Å². The highest BCUT2D eigenvalue weighted by Crippen LogP contribution is 2.15. The van der Waals surface area contributed by atoms with Gasteiger partial charge in [0, 0.05) is 44.5 Å². The maximum absolute atomic E-state index is 12.4. The zero-order chi connectivity index (χ0) is 15.4. The molecule has 2 aliphatic heterocycles. The van der Waals surface area contributed by atoms with E-state index in [0.717, 1.165) is 51.4 Å². The lowest BCUT2D eigenvalue weighted by molar-refractivity contribution is 0.0624. The SMILES string of the molecule is CN1CCN(c2cc(C(=O)N[C@@H]3CCCOC3)ccn2)CC1. The second-order valence-corrected chi connectivity index (χ2v) is 6.08. The van der Waals surface area contributed by atoms with E-state index in [1.807, 2.05) is 6.07 Å². The van der Waals surface area contributed by atoms with E-state index < -0.39 is 0 Å². The molecule has 3 heterocycles. The van der Waals surface area contributed by atoms with Crippen molar-refractivity contribution in [3.05, 3.63) is 23.9 Å². The molecule has 1 aromatic rings. The second kappa shape index (κ2) is 7.07. The molecule has 1 atom stereocenters. The maximum Gasteiger partial charge on any atom is 0.251 e. The molecule has 2 fully saturated rings. The lowest BCUT2D eigenvalue weighted by Crippen LogP contribution is -2.45. The van der Waals surface area contributed by atoms with Gasteiger partial charge in [-0.15, -0.1) is 0 Å². The number of piperazine rings is 1. The summed E-state index contributed by atoms with van der Waals surface area (Å²) in [6.45, 7) is 5.36. The van der Waals surface area contributed by atoms with Gasteiger partial charge in [0.2, 0.25) is 0 Å². The third-order valence-corrected chi connectivity index (χ3v) is 4.33. The number of carbonyl (C=O) groups excluding carboxylic acids is 1. The normalized spacial score (nSPS) is 23.3. The van der Waals surface area contributed by atoms with Crippen molar-refractivity contribution in [2.24, 2.45) is 0 Å². The van der Waals surface area contributed by atoms with Gasteiger partial charge in [-0.2, -0.15) is 0 Å². The first kappa shape index (κ1) is 15.2. The summed E-state index contributed by atoms with van der Waals surface area (Å²) in [5.41, 5.74) is 0.675. The van der Waals surface area contributed by atoms with Gasteiger partial charge in [-0.05, 0) is 32.0 Å². The number of pyridine rings is 1. The number of hydrogen-bond donors (Lipinski definition) is 1. The predicted octanol–water partition coefficient (Wildman–Crippen LogP) is 0.742. The zero-order valence-corrected chi connectivity index (χ0v) is 13.1. The molecule has 2 saturated heterocycles. The molecule has 1 aromatic heterocycles. The van der Waals surface area contributed by atoms with Gasteiger partial charge in [0.15, 0.2) is 0 Å². The van der Waals surface area contributed by atoms with Crippen LogP contribution in [0.5, 0.6) is 0 Å². The average molecular weight is 304 g/mol. The molecule has 0 radical (unpaired) electrons. The lowest BCUT2D eigenvalue weighted by Gasteiger charge is -2.33. The van der Waals surface area contributed by atoms with E-state index in [0.29, 0.717) is 12.2 Å². The molecular formula is C16H24N4O2. The number of nitrogens with zero attached hydrogens (tertiary/aromatic N) is 3. The van der Waals surface area contributed by atoms with Crippen LogP contribution < -0.4 is 10.2 Å². The summed E-state index contributed by atoms with van der Waals surface area (Å²) >= 11 is 0. The number of amides is 1. The second-order valence-electron chi connectivity index (χ2n) is 6.08. The van der Waals surface area contributed by atoms with Gasteiger partial charge in [-0.3, -0.25) is 4.79 Å². The third-order valence-electron chi connectivity index (χ3n) is 4.33. The molecule has 22 heavy (non-hydrogen) atoms. The molecule has 0 bridgehead atoms. The molecule has 6 nitrogen and oxygen atoms in total. The molecule has 6 heteroatoms. The lowest BCUT2D eigenvalue weighted by atomic mass is 10.1. The van der Waals surface area contributed by atoms with Gasteiger partial charge in [-0.1, -0.05) is 0 Å². The first-order valence-electron chi connectivity index (χ1n) is 8.00. The number of rotatable bonds is 3. The number of carbonyl (C=O) groups is 1. The van der Waals surface area contributed by atoms with Crippen molar-refractivity contribution in [1.82, 2.24) is 15.2 Å². The van der Waals surface area contributed by atoms with E-state index in [1.165, 1.54) is 0 Å². The molecule has 3 rings (SSSR count). The highest BCUT2D eigenvalue weighted by Gasteiger charge is 2.19. The van der Waals surface area contributed by atoms with Crippen molar-refractivity contribution in [3.8, 4) is 0 Å². The van der Waals surface area contributed by atoms with Crippen molar-refractivity contribution >= 4 is 11.7 Å². The number of hydrogen-bond acceptors (Lipinski definition) is 5. The van der Waals surface area contributed by atoms with Crippen LogP contribution in [0.25, 0.3) is 0 Å². The maximum atomic E-state index is 12.4. The van der Waals surface area contributed by atoms with E-state index in [-0.39, 0.29) is 11.9 Å². The van der Waals surface area contributed by atoms with Crippen LogP contribution in [0.4, 0.5) is 5.82 Å². The summed E-state index contributed by atoms with van der Waals surface area (Å²) in [7, 11) is 2.13. The molecule has 1 N–H and O–H groups in total. The highest BCUT2D eigenvalue weighted by molar-refractivity contribution is 5.95. The van der Waals surface area contributed by atoms with Crippen molar-refractivity contribution < 1.29 is 9.53 Å². The number of nitrogens with one attached hydrogen (secondary N) is 1. The first-order valence-corrected chi connectivity index (χ1v) is 8.00. The van der Waals surface area contributed by atoms with Gasteiger partial charge in [0.1, 0.15) is 5.82 Å². The molecule has 1 amide bonds. The Morgan fingerprint density at radius 2 is 2.18 bits per heavy atom. The van der Waals surface area contributed by atoms with E-state index in [9.17, 15) is 4.79 Å². The molecule has 0 saturated carbocycles. The largest absolute Gasteiger partial charge is 0.379 e. The van der Waals surface area contributed by atoms with Crippen molar-refractivity contribution in [2.75, 3.05) is 51.3 Å². The number of aromatic nitrogens is 1. The minimum absolute atomic E-state index is 0.0340. The van der Waals surface area contributed by atoms with Crippen molar-refractivity contribution in [2.45, 2.75) is 18.9 Å². The summed E-state index contributed by atoms with van der Waals surface area (Å²) in [6, 6.07) is 3.80. The van der Waals surface area contributed by atoms with Crippen LogP contribution in [0.1, 0.15) is 23.2 Å². The highest BCUT2D eigenvalue weighted by atomic mass is 16.5. The molecule has 0 aliphatic carbocycles. The Balaban J connectivity index is 1.63. The van der Waals surface area contributed by atoms with Gasteiger partial charge >= 0.3 is 0 Å². The minimum Gasteiger partial charge on any atom is -0.379 e. The van der Waals surface area contributed by atoms with Crippen LogP contribution in [0.15, 0.2) is 18.3 Å². The van der Waals surface area contributed by atoms with Crippen LogP contribution in [0.3, 0.4) is 0 Å². The number of likely N-dealkylation sites (N-methyl/N-ethyl adjacent to an activating group) is 1. The molecule has 0 spiro atoms. The molecule has 0 unspecified atom stereocenters. The Kier molecular flexibility index (Phi) is 4.90. The van der Waals surface area contributed by atoms with Crippen molar-refractivity contribution in [3.63, 3.8) is 0 Å². The Morgan fingerprint density at radius 3 is 2.91 bits per heavy atom. The van der Waals surface area contributed by atoms with Gasteiger partial charge in [-0.25, -0.2) is 4.98 Å². The summed E-state index contributed by atoms with van der Waals surface area (Å²) in [4.78, 5) is 21.3. The smallest absolute Gasteiger partial charge is 0.251 e.